The van der Waals surface area contributed by atoms with Gasteiger partial charge in [0.25, 0.3) is 5.41 Å². The predicted molar refractivity (Wildman–Crippen MR) is 47.7 cm³/mol. The molecule has 0 N–H and O–H groups in total. The maximum atomic E-state index is 12.4. The molecule has 0 aromatic heterocycles. The van der Waals surface area contributed by atoms with Gasteiger partial charge in [-0.15, -0.1) is 0 Å². The third kappa shape index (κ3) is 3.50. The first-order valence-corrected chi connectivity index (χ1v) is 4.87. The summed E-state index contributed by atoms with van der Waals surface area (Å²) in [5.41, 5.74) is -4.54. The summed E-state index contributed by atoms with van der Waals surface area (Å²) in [7, 11) is 0. The van der Waals surface area contributed by atoms with Crippen LogP contribution in [-0.4, -0.2) is 38.1 Å². The van der Waals surface area contributed by atoms with Gasteiger partial charge in [0.1, 0.15) is 6.61 Å². The standard InChI is InChI=1S/C9H12F6O3/c1-3-17-4-5-18-6(16)7(2,8(10,11)12)9(13,14)15/h3-5H2,1-2H3. The van der Waals surface area contributed by atoms with E-state index in [-0.39, 0.29) is 20.1 Å². The molecule has 0 bridgehead atoms. The van der Waals surface area contributed by atoms with E-state index in [1.807, 2.05) is 0 Å². The van der Waals surface area contributed by atoms with E-state index >= 15 is 0 Å². The lowest BCUT2D eigenvalue weighted by Crippen LogP contribution is -2.54. The van der Waals surface area contributed by atoms with Crippen molar-refractivity contribution >= 4 is 5.97 Å². The molecule has 108 valence electrons. The number of halogens is 6. The number of alkyl halides is 6. The van der Waals surface area contributed by atoms with Crippen LogP contribution in [0.5, 0.6) is 0 Å². The third-order valence-electron chi connectivity index (χ3n) is 2.21. The molecule has 0 aliphatic heterocycles. The minimum absolute atomic E-state index is 0.202. The van der Waals surface area contributed by atoms with E-state index in [1.165, 1.54) is 0 Å². The highest BCUT2D eigenvalue weighted by molar-refractivity contribution is 5.78. The molecule has 0 aliphatic rings. The Morgan fingerprint density at radius 3 is 1.78 bits per heavy atom. The summed E-state index contributed by atoms with van der Waals surface area (Å²) in [6.07, 6.45) is -11.6. The number of carbonyl (C=O) groups is 1. The summed E-state index contributed by atoms with van der Waals surface area (Å²) in [6.45, 7) is 0.573. The van der Waals surface area contributed by atoms with E-state index in [1.54, 1.807) is 6.92 Å². The van der Waals surface area contributed by atoms with Crippen LogP contribution in [0.3, 0.4) is 0 Å². The molecule has 0 atom stereocenters. The van der Waals surface area contributed by atoms with Crippen LogP contribution in [0.4, 0.5) is 26.3 Å². The topological polar surface area (TPSA) is 35.5 Å². The van der Waals surface area contributed by atoms with Gasteiger partial charge < -0.3 is 9.47 Å². The second-order valence-electron chi connectivity index (χ2n) is 3.45. The molecule has 0 aliphatic carbocycles. The van der Waals surface area contributed by atoms with Crippen molar-refractivity contribution in [2.45, 2.75) is 26.2 Å². The van der Waals surface area contributed by atoms with Crippen LogP contribution in [0.1, 0.15) is 13.8 Å². The van der Waals surface area contributed by atoms with Crippen molar-refractivity contribution in [1.82, 2.24) is 0 Å². The second kappa shape index (κ2) is 5.77. The van der Waals surface area contributed by atoms with Gasteiger partial charge in [0.15, 0.2) is 0 Å². The van der Waals surface area contributed by atoms with Crippen LogP contribution in [-0.2, 0) is 14.3 Å². The number of hydrogen-bond acceptors (Lipinski definition) is 3. The van der Waals surface area contributed by atoms with Crippen LogP contribution in [0.25, 0.3) is 0 Å². The van der Waals surface area contributed by atoms with E-state index in [0.717, 1.165) is 0 Å². The number of ether oxygens (including phenoxy) is 2. The van der Waals surface area contributed by atoms with Crippen LogP contribution in [0.15, 0.2) is 0 Å². The maximum absolute atomic E-state index is 12.4. The lowest BCUT2D eigenvalue weighted by atomic mass is 9.89. The molecule has 18 heavy (non-hydrogen) atoms. The van der Waals surface area contributed by atoms with Gasteiger partial charge >= 0.3 is 18.3 Å². The zero-order valence-corrected chi connectivity index (χ0v) is 9.61. The lowest BCUT2D eigenvalue weighted by molar-refractivity contribution is -0.326. The van der Waals surface area contributed by atoms with Gasteiger partial charge in [-0.1, -0.05) is 0 Å². The largest absolute Gasteiger partial charge is 0.462 e. The van der Waals surface area contributed by atoms with Crippen molar-refractivity contribution in [1.29, 1.82) is 0 Å². The molecule has 0 aromatic rings. The Morgan fingerprint density at radius 1 is 1.00 bits per heavy atom. The van der Waals surface area contributed by atoms with E-state index in [4.69, 9.17) is 0 Å². The average molecular weight is 282 g/mol. The van der Waals surface area contributed by atoms with Crippen molar-refractivity contribution in [3.63, 3.8) is 0 Å². The van der Waals surface area contributed by atoms with Crippen LogP contribution < -0.4 is 0 Å². The molecule has 9 heteroatoms. The Labute approximate surface area is 99.0 Å². The van der Waals surface area contributed by atoms with Crippen molar-refractivity contribution in [3.05, 3.63) is 0 Å². The summed E-state index contributed by atoms with van der Waals surface area (Å²) in [5.74, 6) is -2.39. The predicted octanol–water partition coefficient (Wildman–Crippen LogP) is 2.70. The minimum atomic E-state index is -5.78. The molecule has 0 heterocycles. The zero-order chi connectivity index (χ0) is 14.6. The molecule has 0 saturated heterocycles. The Kier molecular flexibility index (Phi) is 5.45. The molecule has 0 amide bonds. The summed E-state index contributed by atoms with van der Waals surface area (Å²) in [4.78, 5) is 11.0. The van der Waals surface area contributed by atoms with Crippen molar-refractivity contribution in [2.75, 3.05) is 19.8 Å². The molecule has 3 nitrogen and oxygen atoms in total. The normalized spacial score (nSPS) is 13.6. The van der Waals surface area contributed by atoms with Gasteiger partial charge in [0.2, 0.25) is 0 Å². The first-order valence-electron chi connectivity index (χ1n) is 4.87. The Balaban J connectivity index is 4.86. The molecule has 0 unspecified atom stereocenters. The van der Waals surface area contributed by atoms with Gasteiger partial charge in [0.05, 0.1) is 6.61 Å². The molecule has 0 radical (unpaired) electrons. The highest BCUT2D eigenvalue weighted by Crippen LogP contribution is 2.50. The molecule has 0 aromatic carbocycles. The summed E-state index contributed by atoms with van der Waals surface area (Å²) in [5, 5.41) is 0. The van der Waals surface area contributed by atoms with Gasteiger partial charge in [-0.05, 0) is 13.8 Å². The fraction of sp³-hybridized carbons (Fsp3) is 0.889. The minimum Gasteiger partial charge on any atom is -0.462 e. The summed E-state index contributed by atoms with van der Waals surface area (Å²) < 4.78 is 82.8. The van der Waals surface area contributed by atoms with Crippen molar-refractivity contribution < 1.29 is 40.6 Å². The summed E-state index contributed by atoms with van der Waals surface area (Å²) in [6, 6.07) is 0. The second-order valence-corrected chi connectivity index (χ2v) is 3.45. The fourth-order valence-electron chi connectivity index (χ4n) is 0.874. The Hall–Kier alpha value is -0.990. The number of rotatable bonds is 5. The van der Waals surface area contributed by atoms with Crippen LogP contribution >= 0.6 is 0 Å². The van der Waals surface area contributed by atoms with E-state index in [0.29, 0.717) is 0 Å². The monoisotopic (exact) mass is 282 g/mol. The fourth-order valence-corrected chi connectivity index (χ4v) is 0.874. The lowest BCUT2D eigenvalue weighted by Gasteiger charge is -2.31. The number of esters is 1. The molecular formula is C9H12F6O3. The van der Waals surface area contributed by atoms with Gasteiger partial charge in [-0.25, -0.2) is 0 Å². The van der Waals surface area contributed by atoms with Crippen molar-refractivity contribution in [2.24, 2.45) is 5.41 Å². The van der Waals surface area contributed by atoms with Crippen LogP contribution in [0.2, 0.25) is 0 Å². The van der Waals surface area contributed by atoms with E-state index < -0.39 is 30.3 Å². The zero-order valence-electron chi connectivity index (χ0n) is 9.61. The maximum Gasteiger partial charge on any atom is 0.413 e. The molecule has 0 rings (SSSR count). The first-order chi connectivity index (χ1) is 7.98. The third-order valence-corrected chi connectivity index (χ3v) is 2.21. The SMILES string of the molecule is CCOCCOC(=O)C(C)(C(F)(F)F)C(F)(F)F. The highest BCUT2D eigenvalue weighted by atomic mass is 19.4. The van der Waals surface area contributed by atoms with Gasteiger partial charge in [0, 0.05) is 6.61 Å². The molecule has 0 saturated carbocycles. The molecule has 0 spiro atoms. The molecular weight excluding hydrogens is 270 g/mol. The van der Waals surface area contributed by atoms with Crippen molar-refractivity contribution in [3.8, 4) is 0 Å². The van der Waals surface area contributed by atoms with Gasteiger partial charge in [-0.3, -0.25) is 4.79 Å². The first kappa shape index (κ1) is 17.0. The molecule has 0 fully saturated rings. The number of hydrogen-bond donors (Lipinski definition) is 0. The average Bonchev–Trinajstić information content (AvgIpc) is 2.19. The number of carbonyl (C=O) groups excluding carboxylic acids is 1. The quantitative estimate of drug-likeness (QED) is 0.442. The highest BCUT2D eigenvalue weighted by Gasteiger charge is 2.73. The summed E-state index contributed by atoms with van der Waals surface area (Å²) >= 11 is 0. The smallest absolute Gasteiger partial charge is 0.413 e. The van der Waals surface area contributed by atoms with E-state index in [9.17, 15) is 31.1 Å². The van der Waals surface area contributed by atoms with Crippen LogP contribution in [0, 0.1) is 5.41 Å². The Bertz CT molecular complexity index is 269. The van der Waals surface area contributed by atoms with Gasteiger partial charge in [-0.2, -0.15) is 26.3 Å². The Morgan fingerprint density at radius 2 is 1.44 bits per heavy atom. The van der Waals surface area contributed by atoms with E-state index in [2.05, 4.69) is 9.47 Å².